The SMILES string of the molecule is Cc1cccc2c1CC[C@H](CN1CCC(c3c(Cl)cccc3Cl)CC1)C[C@@H]2O.Cc1cccc2c1CC[C@H](CN1CCC(c3c(Cl)cccc3Cl)CC1)C[C@@H]2O. The van der Waals surface area contributed by atoms with E-state index < -0.39 is 0 Å². The molecule has 0 aromatic heterocycles. The Labute approximate surface area is 355 Å². The maximum absolute atomic E-state index is 10.8. The normalized spacial score (nSPS) is 24.0. The molecule has 300 valence electrons. The molecule has 0 radical (unpaired) electrons. The molecule has 4 aromatic carbocycles. The number of aryl methyl sites for hydroxylation is 2. The molecule has 2 fully saturated rings. The van der Waals surface area contributed by atoms with Crippen molar-refractivity contribution in [1.82, 2.24) is 9.80 Å². The van der Waals surface area contributed by atoms with Crippen molar-refractivity contribution in [1.29, 1.82) is 0 Å². The molecule has 4 nitrogen and oxygen atoms in total. The van der Waals surface area contributed by atoms with Crippen molar-refractivity contribution in [2.45, 2.75) is 102 Å². The van der Waals surface area contributed by atoms with E-state index in [4.69, 9.17) is 46.4 Å². The Hall–Kier alpha value is -2.12. The first-order valence-corrected chi connectivity index (χ1v) is 22.4. The largest absolute Gasteiger partial charge is 0.388 e. The fourth-order valence-corrected chi connectivity index (χ4v) is 11.7. The van der Waals surface area contributed by atoms with Crippen molar-refractivity contribution in [2.75, 3.05) is 39.3 Å². The molecule has 2 aliphatic carbocycles. The molecule has 0 amide bonds. The minimum Gasteiger partial charge on any atom is -0.388 e. The molecule has 4 aliphatic rings. The number of hydrogen-bond donors (Lipinski definition) is 2. The van der Waals surface area contributed by atoms with Gasteiger partial charge in [-0.2, -0.15) is 0 Å². The van der Waals surface area contributed by atoms with E-state index in [9.17, 15) is 10.2 Å². The van der Waals surface area contributed by atoms with E-state index in [1.165, 1.54) is 22.3 Å². The molecule has 2 aliphatic heterocycles. The van der Waals surface area contributed by atoms with E-state index in [1.54, 1.807) is 0 Å². The van der Waals surface area contributed by atoms with E-state index in [1.807, 2.05) is 36.4 Å². The highest BCUT2D eigenvalue weighted by Gasteiger charge is 2.30. The van der Waals surface area contributed by atoms with Crippen LogP contribution in [0.5, 0.6) is 0 Å². The fourth-order valence-electron chi connectivity index (χ4n) is 10.2. The molecule has 8 heteroatoms. The first-order chi connectivity index (χ1) is 27.0. The number of halogens is 4. The lowest BCUT2D eigenvalue weighted by Crippen LogP contribution is -2.37. The maximum atomic E-state index is 10.8. The molecule has 56 heavy (non-hydrogen) atoms. The van der Waals surface area contributed by atoms with Crippen molar-refractivity contribution >= 4 is 46.4 Å². The predicted molar refractivity (Wildman–Crippen MR) is 235 cm³/mol. The minimum absolute atomic E-state index is 0.332. The van der Waals surface area contributed by atoms with Gasteiger partial charge in [0.1, 0.15) is 0 Å². The highest BCUT2D eigenvalue weighted by atomic mass is 35.5. The topological polar surface area (TPSA) is 46.9 Å². The summed E-state index contributed by atoms with van der Waals surface area (Å²) in [5.41, 5.74) is 9.91. The minimum atomic E-state index is -0.332. The molecule has 8 rings (SSSR count). The number of nitrogens with zero attached hydrogens (tertiary/aromatic N) is 2. The van der Waals surface area contributed by atoms with Crippen LogP contribution in [0, 0.1) is 25.7 Å². The van der Waals surface area contributed by atoms with E-state index in [2.05, 4.69) is 60.0 Å². The summed E-state index contributed by atoms with van der Waals surface area (Å²) >= 11 is 25.7. The Morgan fingerprint density at radius 1 is 0.500 bits per heavy atom. The lowest BCUT2D eigenvalue weighted by Gasteiger charge is -2.35. The van der Waals surface area contributed by atoms with Crippen LogP contribution < -0.4 is 0 Å². The van der Waals surface area contributed by atoms with Gasteiger partial charge in [-0.05, 0) is 197 Å². The highest BCUT2D eigenvalue weighted by molar-refractivity contribution is 6.36. The van der Waals surface area contributed by atoms with E-state index in [0.717, 1.165) is 146 Å². The monoisotopic (exact) mass is 834 g/mol. The second-order valence-electron chi connectivity index (χ2n) is 17.0. The van der Waals surface area contributed by atoms with Crippen molar-refractivity contribution in [2.24, 2.45) is 11.8 Å². The van der Waals surface area contributed by atoms with Gasteiger partial charge in [0.05, 0.1) is 12.2 Å². The predicted octanol–water partition coefficient (Wildman–Crippen LogP) is 12.3. The zero-order valence-electron chi connectivity index (χ0n) is 33.0. The quantitative estimate of drug-likeness (QED) is 0.190. The lowest BCUT2D eigenvalue weighted by atomic mass is 9.88. The van der Waals surface area contributed by atoms with Crippen LogP contribution in [0.1, 0.15) is 120 Å². The molecular weight excluding hydrogens is 778 g/mol. The molecule has 2 saturated heterocycles. The van der Waals surface area contributed by atoms with Crippen molar-refractivity contribution < 1.29 is 10.2 Å². The van der Waals surface area contributed by atoms with Crippen molar-refractivity contribution in [3.63, 3.8) is 0 Å². The van der Waals surface area contributed by atoms with Crippen LogP contribution in [0.2, 0.25) is 20.1 Å². The Bertz CT molecular complexity index is 1760. The second kappa shape index (κ2) is 19.3. The number of benzene rings is 4. The number of likely N-dealkylation sites (tertiary alicyclic amines) is 2. The average Bonchev–Trinajstić information content (AvgIpc) is 3.44. The first kappa shape index (κ1) is 42.0. The van der Waals surface area contributed by atoms with Gasteiger partial charge in [-0.15, -0.1) is 0 Å². The summed E-state index contributed by atoms with van der Waals surface area (Å²) < 4.78 is 0. The molecule has 0 bridgehead atoms. The third kappa shape index (κ3) is 10.0. The highest BCUT2D eigenvalue weighted by Crippen LogP contribution is 2.41. The molecule has 2 heterocycles. The summed E-state index contributed by atoms with van der Waals surface area (Å²) in [5, 5.41) is 24.7. The molecule has 2 N–H and O–H groups in total. The van der Waals surface area contributed by atoms with Crippen LogP contribution >= 0.6 is 46.4 Å². The summed E-state index contributed by atoms with van der Waals surface area (Å²) in [4.78, 5) is 5.14. The van der Waals surface area contributed by atoms with Gasteiger partial charge in [0.25, 0.3) is 0 Å². The molecule has 0 saturated carbocycles. The van der Waals surface area contributed by atoms with Crippen LogP contribution in [0.3, 0.4) is 0 Å². The van der Waals surface area contributed by atoms with Crippen molar-refractivity contribution in [3.8, 4) is 0 Å². The van der Waals surface area contributed by atoms with E-state index in [-0.39, 0.29) is 12.2 Å². The smallest absolute Gasteiger partial charge is 0.0795 e. The zero-order valence-corrected chi connectivity index (χ0v) is 36.0. The van der Waals surface area contributed by atoms with Crippen LogP contribution in [0.25, 0.3) is 0 Å². The summed E-state index contributed by atoms with van der Waals surface area (Å²) in [5.74, 6) is 1.98. The number of aliphatic hydroxyl groups is 2. The van der Waals surface area contributed by atoms with Gasteiger partial charge in [0, 0.05) is 33.2 Å². The number of aliphatic hydroxyl groups excluding tert-OH is 2. The van der Waals surface area contributed by atoms with Gasteiger partial charge in [0.15, 0.2) is 0 Å². The molecular formula is C48H58Cl4N2O2. The van der Waals surface area contributed by atoms with Gasteiger partial charge < -0.3 is 20.0 Å². The van der Waals surface area contributed by atoms with Crippen LogP contribution in [0.4, 0.5) is 0 Å². The lowest BCUT2D eigenvalue weighted by molar-refractivity contribution is 0.117. The summed E-state index contributed by atoms with van der Waals surface area (Å²) in [6.07, 6.45) is 9.93. The summed E-state index contributed by atoms with van der Waals surface area (Å²) in [6.45, 7) is 10.8. The third-order valence-electron chi connectivity index (χ3n) is 13.4. The fraction of sp³-hybridized carbons (Fsp3) is 0.500. The number of piperidine rings is 2. The molecule has 0 spiro atoms. The molecule has 4 atom stereocenters. The molecule has 0 unspecified atom stereocenters. The van der Waals surface area contributed by atoms with Crippen LogP contribution in [-0.2, 0) is 12.8 Å². The van der Waals surface area contributed by atoms with Gasteiger partial charge in [-0.25, -0.2) is 0 Å². The summed E-state index contributed by atoms with van der Waals surface area (Å²) in [6, 6.07) is 24.3. The van der Waals surface area contributed by atoms with E-state index in [0.29, 0.717) is 23.7 Å². The Balaban J connectivity index is 0.000000172. The van der Waals surface area contributed by atoms with Gasteiger partial charge in [0.2, 0.25) is 0 Å². The first-order valence-electron chi connectivity index (χ1n) is 20.9. The van der Waals surface area contributed by atoms with Gasteiger partial charge in [-0.3, -0.25) is 0 Å². The Kier molecular flexibility index (Phi) is 14.5. The van der Waals surface area contributed by atoms with Crippen LogP contribution in [0.15, 0.2) is 72.8 Å². The average molecular weight is 837 g/mol. The number of fused-ring (bicyclic) bond motifs is 2. The molecule has 4 aromatic rings. The standard InChI is InChI=1S/2C24H29Cl2NO/c2*1-16-4-2-5-20-19(16)9-8-17(14-23(20)28)15-27-12-10-18(11-13-27)24-21(25)6-3-7-22(24)26/h2*2-7,17-18,23,28H,8-15H2,1H3/t2*17-,23-/m00/s1. The van der Waals surface area contributed by atoms with Crippen molar-refractivity contribution in [3.05, 3.63) is 137 Å². The van der Waals surface area contributed by atoms with Crippen LogP contribution in [-0.4, -0.2) is 59.3 Å². The number of hydrogen-bond acceptors (Lipinski definition) is 4. The zero-order chi connectivity index (χ0) is 39.3. The van der Waals surface area contributed by atoms with Gasteiger partial charge >= 0.3 is 0 Å². The summed E-state index contributed by atoms with van der Waals surface area (Å²) in [7, 11) is 0. The Morgan fingerprint density at radius 2 is 0.839 bits per heavy atom. The maximum Gasteiger partial charge on any atom is 0.0795 e. The second-order valence-corrected chi connectivity index (χ2v) is 18.6. The van der Waals surface area contributed by atoms with Gasteiger partial charge in [-0.1, -0.05) is 94.9 Å². The van der Waals surface area contributed by atoms with E-state index >= 15 is 0 Å². The Morgan fingerprint density at radius 3 is 1.20 bits per heavy atom. The number of rotatable bonds is 6. The third-order valence-corrected chi connectivity index (χ3v) is 14.7.